The summed E-state index contributed by atoms with van der Waals surface area (Å²) in [7, 11) is 3.69. The lowest BCUT2D eigenvalue weighted by atomic mass is 9.85. The van der Waals surface area contributed by atoms with Gasteiger partial charge in [-0.15, -0.1) is 24.0 Å². The van der Waals surface area contributed by atoms with Gasteiger partial charge in [-0.3, -0.25) is 9.79 Å². The zero-order chi connectivity index (χ0) is 19.6. The van der Waals surface area contributed by atoms with E-state index < -0.39 is 0 Å². The van der Waals surface area contributed by atoms with Crippen molar-refractivity contribution in [1.82, 2.24) is 15.5 Å². The smallest absolute Gasteiger partial charge is 0.230 e. The zero-order valence-corrected chi connectivity index (χ0v) is 20.5. The molecule has 1 aliphatic carbocycles. The highest BCUT2D eigenvalue weighted by atomic mass is 127. The Morgan fingerprint density at radius 3 is 2.30 bits per heavy atom. The molecule has 0 radical (unpaired) electrons. The van der Waals surface area contributed by atoms with E-state index >= 15 is 0 Å². The zero-order valence-electron chi connectivity index (χ0n) is 18.1. The van der Waals surface area contributed by atoms with Crippen LogP contribution in [0.15, 0.2) is 4.99 Å². The van der Waals surface area contributed by atoms with Gasteiger partial charge in [-0.1, -0.05) is 26.7 Å². The van der Waals surface area contributed by atoms with E-state index in [1.54, 1.807) is 4.90 Å². The van der Waals surface area contributed by atoms with Crippen LogP contribution in [0.4, 0.5) is 0 Å². The molecule has 0 bridgehead atoms. The van der Waals surface area contributed by atoms with E-state index in [0.717, 1.165) is 57.8 Å². The fraction of sp³-hybridized carbons (Fsp3) is 0.900. The third-order valence-electron chi connectivity index (χ3n) is 5.15. The molecule has 0 aromatic rings. The van der Waals surface area contributed by atoms with Crippen LogP contribution in [0.25, 0.3) is 0 Å². The molecule has 1 fully saturated rings. The van der Waals surface area contributed by atoms with Gasteiger partial charge in [-0.2, -0.15) is 0 Å². The summed E-state index contributed by atoms with van der Waals surface area (Å²) in [6.45, 7) is 11.4. The van der Waals surface area contributed by atoms with Crippen molar-refractivity contribution in [2.75, 3.05) is 40.3 Å². The van der Waals surface area contributed by atoms with Crippen LogP contribution in [0.3, 0.4) is 0 Å². The third kappa shape index (κ3) is 8.54. The number of hydrogen-bond donors (Lipinski definition) is 2. The highest BCUT2D eigenvalue weighted by Gasteiger charge is 2.42. The van der Waals surface area contributed by atoms with E-state index in [1.807, 2.05) is 21.0 Å². The number of guanidine groups is 1. The molecule has 2 N–H and O–H groups in total. The summed E-state index contributed by atoms with van der Waals surface area (Å²) in [5.41, 5.74) is -0.322. The minimum Gasteiger partial charge on any atom is -0.378 e. The Labute approximate surface area is 183 Å². The standard InChI is InChI=1S/C20H40N4O2.HI/c1-7-21-19(22-14-11-17(16(3)4)26-8-2)23-15-20(12-9-10-13-20)18(25)24(5)6;/h16-17H,7-15H2,1-6H3,(H2,21,22,23);1H. The fourth-order valence-electron chi connectivity index (χ4n) is 3.69. The average Bonchev–Trinajstić information content (AvgIpc) is 3.08. The minimum atomic E-state index is -0.322. The number of nitrogens with one attached hydrogen (secondary N) is 2. The van der Waals surface area contributed by atoms with Gasteiger partial charge in [0.05, 0.1) is 18.1 Å². The average molecular weight is 496 g/mol. The van der Waals surface area contributed by atoms with Crippen LogP contribution in [0.5, 0.6) is 0 Å². The van der Waals surface area contributed by atoms with Crippen molar-refractivity contribution < 1.29 is 9.53 Å². The molecule has 0 heterocycles. The lowest BCUT2D eigenvalue weighted by molar-refractivity contribution is -0.138. The number of aliphatic imine (C=N–C) groups is 1. The normalized spacial score (nSPS) is 17.4. The summed E-state index contributed by atoms with van der Waals surface area (Å²) < 4.78 is 5.81. The first kappa shape index (κ1) is 26.4. The summed E-state index contributed by atoms with van der Waals surface area (Å²) in [5, 5.41) is 6.71. The highest BCUT2D eigenvalue weighted by molar-refractivity contribution is 14.0. The number of hydrogen-bond acceptors (Lipinski definition) is 3. The first-order valence-corrected chi connectivity index (χ1v) is 10.2. The quantitative estimate of drug-likeness (QED) is 0.277. The summed E-state index contributed by atoms with van der Waals surface area (Å²) in [6.07, 6.45) is 5.30. The number of amides is 1. The Balaban J connectivity index is 0.00000676. The second-order valence-electron chi connectivity index (χ2n) is 7.84. The van der Waals surface area contributed by atoms with Gasteiger partial charge in [0, 0.05) is 33.8 Å². The first-order valence-electron chi connectivity index (χ1n) is 10.2. The van der Waals surface area contributed by atoms with Crippen LogP contribution in [0, 0.1) is 11.3 Å². The number of halogens is 1. The number of nitrogens with zero attached hydrogens (tertiary/aromatic N) is 2. The lowest BCUT2D eigenvalue weighted by Gasteiger charge is -2.29. The summed E-state index contributed by atoms with van der Waals surface area (Å²) >= 11 is 0. The van der Waals surface area contributed by atoms with Crippen molar-refractivity contribution in [1.29, 1.82) is 0 Å². The van der Waals surface area contributed by atoms with Gasteiger partial charge in [0.25, 0.3) is 0 Å². The first-order chi connectivity index (χ1) is 12.4. The monoisotopic (exact) mass is 496 g/mol. The molecule has 1 aliphatic rings. The van der Waals surface area contributed by atoms with E-state index in [-0.39, 0.29) is 41.4 Å². The van der Waals surface area contributed by atoms with E-state index in [2.05, 4.69) is 31.4 Å². The van der Waals surface area contributed by atoms with E-state index in [9.17, 15) is 4.79 Å². The molecule has 1 atom stereocenters. The molecular formula is C20H41IN4O2. The van der Waals surface area contributed by atoms with Crippen molar-refractivity contribution >= 4 is 35.8 Å². The largest absolute Gasteiger partial charge is 0.378 e. The maximum atomic E-state index is 12.7. The van der Waals surface area contributed by atoms with Crippen molar-refractivity contribution in [3.8, 4) is 0 Å². The van der Waals surface area contributed by atoms with Crippen LogP contribution in [-0.4, -0.2) is 63.2 Å². The Kier molecular flexibility index (Phi) is 13.3. The molecule has 1 saturated carbocycles. The van der Waals surface area contributed by atoms with Crippen LogP contribution in [-0.2, 0) is 9.53 Å². The second kappa shape index (κ2) is 13.6. The minimum absolute atomic E-state index is 0. The van der Waals surface area contributed by atoms with Gasteiger partial charge in [0.15, 0.2) is 5.96 Å². The van der Waals surface area contributed by atoms with Gasteiger partial charge in [-0.25, -0.2) is 0 Å². The molecule has 1 rings (SSSR count). The third-order valence-corrected chi connectivity index (χ3v) is 5.15. The van der Waals surface area contributed by atoms with Crippen molar-refractivity contribution in [3.63, 3.8) is 0 Å². The van der Waals surface area contributed by atoms with Gasteiger partial charge in [0.2, 0.25) is 5.91 Å². The van der Waals surface area contributed by atoms with Crippen molar-refractivity contribution in [3.05, 3.63) is 0 Å². The highest BCUT2D eigenvalue weighted by Crippen LogP contribution is 2.39. The van der Waals surface area contributed by atoms with Crippen LogP contribution >= 0.6 is 24.0 Å². The maximum Gasteiger partial charge on any atom is 0.230 e. The number of rotatable bonds is 10. The molecule has 0 spiro atoms. The van der Waals surface area contributed by atoms with Gasteiger partial charge >= 0.3 is 0 Å². The topological polar surface area (TPSA) is 66.0 Å². The fourth-order valence-corrected chi connectivity index (χ4v) is 3.69. The molecule has 0 aromatic heterocycles. The van der Waals surface area contributed by atoms with Crippen molar-refractivity contribution in [2.24, 2.45) is 16.3 Å². The maximum absolute atomic E-state index is 12.7. The van der Waals surface area contributed by atoms with Gasteiger partial charge < -0.3 is 20.3 Å². The molecule has 1 unspecified atom stereocenters. The molecule has 1 amide bonds. The van der Waals surface area contributed by atoms with Crippen molar-refractivity contribution in [2.45, 2.75) is 65.9 Å². The summed E-state index contributed by atoms with van der Waals surface area (Å²) in [5.74, 6) is 1.51. The predicted molar refractivity (Wildman–Crippen MR) is 124 cm³/mol. The molecule has 0 aliphatic heterocycles. The molecule has 0 aromatic carbocycles. The molecule has 160 valence electrons. The van der Waals surface area contributed by atoms with E-state index in [0.29, 0.717) is 12.5 Å². The van der Waals surface area contributed by atoms with Crippen LogP contribution in [0.1, 0.15) is 59.8 Å². The number of carbonyl (C=O) groups is 1. The Hall–Kier alpha value is -0.570. The molecule has 0 saturated heterocycles. The molecule has 6 nitrogen and oxygen atoms in total. The Morgan fingerprint density at radius 1 is 1.19 bits per heavy atom. The summed E-state index contributed by atoms with van der Waals surface area (Å²) in [4.78, 5) is 19.2. The second-order valence-corrected chi connectivity index (χ2v) is 7.84. The van der Waals surface area contributed by atoms with Gasteiger partial charge in [-0.05, 0) is 39.0 Å². The van der Waals surface area contributed by atoms with E-state index in [1.165, 1.54) is 0 Å². The predicted octanol–water partition coefficient (Wildman–Crippen LogP) is 3.26. The Bertz CT molecular complexity index is 449. The lowest BCUT2D eigenvalue weighted by Crippen LogP contribution is -2.43. The van der Waals surface area contributed by atoms with Crippen LogP contribution in [0.2, 0.25) is 0 Å². The Morgan fingerprint density at radius 2 is 1.81 bits per heavy atom. The van der Waals surface area contributed by atoms with Crippen LogP contribution < -0.4 is 10.6 Å². The molecule has 7 heteroatoms. The SMILES string of the molecule is CCNC(=NCC1(C(=O)N(C)C)CCCC1)NCCC(OCC)C(C)C.I. The summed E-state index contributed by atoms with van der Waals surface area (Å²) in [6, 6.07) is 0. The molecular weight excluding hydrogens is 455 g/mol. The molecule has 27 heavy (non-hydrogen) atoms. The number of carbonyl (C=O) groups excluding carboxylic acids is 1. The number of ether oxygens (including phenoxy) is 1. The van der Waals surface area contributed by atoms with E-state index in [4.69, 9.17) is 9.73 Å². The van der Waals surface area contributed by atoms with Gasteiger partial charge in [0.1, 0.15) is 0 Å².